The average Bonchev–Trinajstić information content (AvgIpc) is 2.54. The molecule has 0 bridgehead atoms. The summed E-state index contributed by atoms with van der Waals surface area (Å²) in [6, 6.07) is 13.2. The molecule has 23 heavy (non-hydrogen) atoms. The second-order valence-corrected chi connectivity index (χ2v) is 5.12. The van der Waals surface area contributed by atoms with Crippen LogP contribution in [-0.4, -0.2) is 25.8 Å². The molecule has 0 aromatic heterocycles. The number of methoxy groups -OCH3 is 1. The zero-order chi connectivity index (χ0) is 16.7. The molecule has 0 aliphatic carbocycles. The fourth-order valence-corrected chi connectivity index (χ4v) is 1.98. The molecular weight excluding hydrogens is 292 g/mol. The van der Waals surface area contributed by atoms with Crippen LogP contribution >= 0.6 is 0 Å². The third kappa shape index (κ3) is 5.14. The fraction of sp³-hybridized carbons (Fsp3) is 0.222. The van der Waals surface area contributed by atoms with Crippen molar-refractivity contribution in [3.8, 4) is 11.5 Å². The van der Waals surface area contributed by atoms with Gasteiger partial charge < -0.3 is 9.47 Å². The van der Waals surface area contributed by atoms with E-state index in [1.807, 2.05) is 56.3 Å². The molecule has 5 nitrogen and oxygen atoms in total. The highest BCUT2D eigenvalue weighted by Gasteiger charge is 2.01. The topological polar surface area (TPSA) is 59.9 Å². The number of ether oxygens (including phenoxy) is 2. The van der Waals surface area contributed by atoms with Gasteiger partial charge >= 0.3 is 0 Å². The van der Waals surface area contributed by atoms with E-state index in [0.717, 1.165) is 22.4 Å². The van der Waals surface area contributed by atoms with Gasteiger partial charge in [0.25, 0.3) is 5.91 Å². The van der Waals surface area contributed by atoms with E-state index in [4.69, 9.17) is 9.47 Å². The van der Waals surface area contributed by atoms with Gasteiger partial charge in [0.1, 0.15) is 11.5 Å². The Labute approximate surface area is 135 Å². The van der Waals surface area contributed by atoms with Crippen LogP contribution in [0.15, 0.2) is 47.6 Å². The Morgan fingerprint density at radius 3 is 2.57 bits per heavy atom. The van der Waals surface area contributed by atoms with Crippen molar-refractivity contribution in [2.75, 3.05) is 13.7 Å². The monoisotopic (exact) mass is 312 g/mol. The Morgan fingerprint density at radius 1 is 1.17 bits per heavy atom. The number of hydrazone groups is 1. The number of carbonyl (C=O) groups excluding carboxylic acids is 1. The Balaban J connectivity index is 1.81. The smallest absolute Gasteiger partial charge is 0.277 e. The summed E-state index contributed by atoms with van der Waals surface area (Å²) < 4.78 is 10.6. The molecule has 1 amide bonds. The Morgan fingerprint density at radius 2 is 1.91 bits per heavy atom. The van der Waals surface area contributed by atoms with Gasteiger partial charge in [0.2, 0.25) is 0 Å². The third-order valence-corrected chi connectivity index (χ3v) is 3.21. The van der Waals surface area contributed by atoms with Crippen LogP contribution in [0.5, 0.6) is 11.5 Å². The van der Waals surface area contributed by atoms with E-state index >= 15 is 0 Å². The number of nitrogens with one attached hydrogen (secondary N) is 1. The van der Waals surface area contributed by atoms with E-state index in [9.17, 15) is 4.79 Å². The predicted octanol–water partition coefficient (Wildman–Crippen LogP) is 2.84. The molecule has 0 aliphatic heterocycles. The lowest BCUT2D eigenvalue weighted by Gasteiger charge is -2.05. The third-order valence-electron chi connectivity index (χ3n) is 3.21. The average molecular weight is 312 g/mol. The number of aryl methyl sites for hydroxylation is 2. The van der Waals surface area contributed by atoms with Crippen molar-refractivity contribution in [1.82, 2.24) is 5.43 Å². The van der Waals surface area contributed by atoms with Crippen LogP contribution in [0.25, 0.3) is 0 Å². The van der Waals surface area contributed by atoms with Gasteiger partial charge in [0.05, 0.1) is 13.3 Å². The molecule has 2 aromatic carbocycles. The van der Waals surface area contributed by atoms with Gasteiger partial charge in [-0.3, -0.25) is 4.79 Å². The summed E-state index contributed by atoms with van der Waals surface area (Å²) in [5, 5.41) is 3.92. The number of nitrogens with zero attached hydrogens (tertiary/aromatic N) is 1. The number of hydrogen-bond donors (Lipinski definition) is 1. The molecule has 0 unspecified atom stereocenters. The molecule has 0 fully saturated rings. The first-order valence-electron chi connectivity index (χ1n) is 7.24. The summed E-state index contributed by atoms with van der Waals surface area (Å²) in [7, 11) is 1.63. The maximum absolute atomic E-state index is 11.7. The fourth-order valence-electron chi connectivity index (χ4n) is 1.98. The highest BCUT2D eigenvalue weighted by atomic mass is 16.5. The van der Waals surface area contributed by atoms with Crippen molar-refractivity contribution < 1.29 is 14.3 Å². The van der Waals surface area contributed by atoms with Crippen LogP contribution in [0.3, 0.4) is 0 Å². The van der Waals surface area contributed by atoms with Crippen molar-refractivity contribution in [2.24, 2.45) is 5.10 Å². The van der Waals surface area contributed by atoms with Gasteiger partial charge in [-0.2, -0.15) is 5.10 Å². The molecule has 2 rings (SSSR count). The number of hydrogen-bond acceptors (Lipinski definition) is 4. The van der Waals surface area contributed by atoms with E-state index < -0.39 is 0 Å². The summed E-state index contributed by atoms with van der Waals surface area (Å²) >= 11 is 0. The minimum Gasteiger partial charge on any atom is -0.496 e. The standard InChI is InChI=1S/C18H20N2O3/c1-13-4-7-16(8-5-13)23-12-18(21)20-19-11-15-6-9-17(22-3)14(2)10-15/h4-11H,12H2,1-3H3,(H,20,21)/b19-11+. The zero-order valence-electron chi connectivity index (χ0n) is 13.5. The first kappa shape index (κ1) is 16.5. The van der Waals surface area contributed by atoms with Crippen LogP contribution < -0.4 is 14.9 Å². The van der Waals surface area contributed by atoms with Crippen LogP contribution in [0.4, 0.5) is 0 Å². The highest BCUT2D eigenvalue weighted by molar-refractivity contribution is 5.83. The normalized spacial score (nSPS) is 10.6. The minimum atomic E-state index is -0.313. The Hall–Kier alpha value is -2.82. The number of benzene rings is 2. The maximum Gasteiger partial charge on any atom is 0.277 e. The molecule has 0 radical (unpaired) electrons. The molecule has 120 valence electrons. The minimum absolute atomic E-state index is 0.0813. The van der Waals surface area contributed by atoms with Crippen molar-refractivity contribution in [1.29, 1.82) is 0 Å². The summed E-state index contributed by atoms with van der Waals surface area (Å²) in [5.41, 5.74) is 5.46. The van der Waals surface area contributed by atoms with Crippen molar-refractivity contribution >= 4 is 12.1 Å². The van der Waals surface area contributed by atoms with E-state index in [2.05, 4.69) is 10.5 Å². The Kier molecular flexibility index (Phi) is 5.74. The van der Waals surface area contributed by atoms with Gasteiger partial charge in [-0.25, -0.2) is 5.43 Å². The lowest BCUT2D eigenvalue weighted by atomic mass is 10.1. The largest absolute Gasteiger partial charge is 0.496 e. The van der Waals surface area contributed by atoms with Crippen LogP contribution in [0.1, 0.15) is 16.7 Å². The van der Waals surface area contributed by atoms with Crippen LogP contribution in [0.2, 0.25) is 0 Å². The summed E-state index contributed by atoms with van der Waals surface area (Å²) in [6.45, 7) is 3.86. The van der Waals surface area contributed by atoms with E-state index in [-0.39, 0.29) is 12.5 Å². The van der Waals surface area contributed by atoms with Crippen molar-refractivity contribution in [3.05, 3.63) is 59.2 Å². The van der Waals surface area contributed by atoms with Crippen LogP contribution in [-0.2, 0) is 4.79 Å². The molecular formula is C18H20N2O3. The van der Waals surface area contributed by atoms with Gasteiger partial charge in [-0.15, -0.1) is 0 Å². The van der Waals surface area contributed by atoms with E-state index in [1.54, 1.807) is 13.3 Å². The van der Waals surface area contributed by atoms with Gasteiger partial charge in [-0.1, -0.05) is 17.7 Å². The quantitative estimate of drug-likeness (QED) is 0.659. The molecule has 0 spiro atoms. The van der Waals surface area contributed by atoms with Crippen molar-refractivity contribution in [3.63, 3.8) is 0 Å². The number of carbonyl (C=O) groups is 1. The second-order valence-electron chi connectivity index (χ2n) is 5.12. The lowest BCUT2D eigenvalue weighted by molar-refractivity contribution is -0.123. The molecule has 0 saturated heterocycles. The van der Waals surface area contributed by atoms with E-state index in [1.165, 1.54) is 0 Å². The van der Waals surface area contributed by atoms with E-state index in [0.29, 0.717) is 5.75 Å². The predicted molar refractivity (Wildman–Crippen MR) is 90.1 cm³/mol. The molecule has 5 heteroatoms. The molecule has 0 heterocycles. The number of rotatable bonds is 6. The summed E-state index contributed by atoms with van der Waals surface area (Å²) in [6.07, 6.45) is 1.58. The summed E-state index contributed by atoms with van der Waals surface area (Å²) in [5.74, 6) is 1.16. The van der Waals surface area contributed by atoms with Crippen LogP contribution in [0, 0.1) is 13.8 Å². The van der Waals surface area contributed by atoms with Gasteiger partial charge in [0.15, 0.2) is 6.61 Å². The zero-order valence-corrected chi connectivity index (χ0v) is 13.5. The highest BCUT2D eigenvalue weighted by Crippen LogP contribution is 2.17. The molecule has 0 aliphatic rings. The van der Waals surface area contributed by atoms with Gasteiger partial charge in [0, 0.05) is 0 Å². The first-order valence-corrected chi connectivity index (χ1v) is 7.24. The Bertz CT molecular complexity index is 694. The molecule has 1 N–H and O–H groups in total. The first-order chi connectivity index (χ1) is 11.1. The molecule has 2 aromatic rings. The van der Waals surface area contributed by atoms with Gasteiger partial charge in [-0.05, 0) is 55.3 Å². The maximum atomic E-state index is 11.7. The lowest BCUT2D eigenvalue weighted by Crippen LogP contribution is -2.24. The van der Waals surface area contributed by atoms with Crippen molar-refractivity contribution in [2.45, 2.75) is 13.8 Å². The molecule has 0 atom stereocenters. The summed E-state index contributed by atoms with van der Waals surface area (Å²) in [4.78, 5) is 11.7. The SMILES string of the molecule is COc1ccc(/C=N/NC(=O)COc2ccc(C)cc2)cc1C. The second kappa shape index (κ2) is 7.98. The number of amides is 1. The molecule has 0 saturated carbocycles.